The van der Waals surface area contributed by atoms with Gasteiger partial charge in [0.15, 0.2) is 0 Å². The standard InChI is InChI=1S/C16H22N2O2/c1-13-10-14(6-5-9-19)12-15(11-13)16(20)18(4)8-7-17(2)3/h10-12,19H,7-9H2,1-4H3. The van der Waals surface area contributed by atoms with Crippen molar-refractivity contribution < 1.29 is 9.90 Å². The molecule has 1 N–H and O–H groups in total. The summed E-state index contributed by atoms with van der Waals surface area (Å²) in [4.78, 5) is 16.1. The van der Waals surface area contributed by atoms with Crippen LogP contribution in [0.5, 0.6) is 0 Å². The van der Waals surface area contributed by atoms with Crippen LogP contribution in [0.1, 0.15) is 21.5 Å². The summed E-state index contributed by atoms with van der Waals surface area (Å²) in [5, 5.41) is 8.73. The second kappa shape index (κ2) is 7.68. The van der Waals surface area contributed by atoms with Gasteiger partial charge in [-0.15, -0.1) is 0 Å². The molecule has 20 heavy (non-hydrogen) atoms. The maximum Gasteiger partial charge on any atom is 0.253 e. The first kappa shape index (κ1) is 16.2. The number of hydrogen-bond donors (Lipinski definition) is 1. The van der Waals surface area contributed by atoms with E-state index in [0.717, 1.165) is 17.7 Å². The fourth-order valence-corrected chi connectivity index (χ4v) is 1.79. The van der Waals surface area contributed by atoms with Gasteiger partial charge in [0.05, 0.1) is 0 Å². The van der Waals surface area contributed by atoms with Gasteiger partial charge in [-0.2, -0.15) is 0 Å². The summed E-state index contributed by atoms with van der Waals surface area (Å²) in [7, 11) is 5.76. The van der Waals surface area contributed by atoms with E-state index in [0.29, 0.717) is 12.1 Å². The predicted octanol–water partition coefficient (Wildman–Crippen LogP) is 0.972. The van der Waals surface area contributed by atoms with E-state index in [1.54, 1.807) is 18.0 Å². The van der Waals surface area contributed by atoms with Crippen molar-refractivity contribution >= 4 is 5.91 Å². The molecular formula is C16H22N2O2. The lowest BCUT2D eigenvalue weighted by Gasteiger charge is -2.20. The average Bonchev–Trinajstić information content (AvgIpc) is 2.41. The van der Waals surface area contributed by atoms with Crippen LogP contribution < -0.4 is 0 Å². The van der Waals surface area contributed by atoms with Crippen LogP contribution in [0.2, 0.25) is 0 Å². The van der Waals surface area contributed by atoms with E-state index >= 15 is 0 Å². The third-order valence-electron chi connectivity index (χ3n) is 2.87. The van der Waals surface area contributed by atoms with Gasteiger partial charge in [-0.1, -0.05) is 11.8 Å². The van der Waals surface area contributed by atoms with Crippen LogP contribution in [-0.4, -0.2) is 61.7 Å². The van der Waals surface area contributed by atoms with Gasteiger partial charge in [-0.25, -0.2) is 0 Å². The minimum Gasteiger partial charge on any atom is -0.384 e. The number of aryl methyl sites for hydroxylation is 1. The largest absolute Gasteiger partial charge is 0.384 e. The van der Waals surface area contributed by atoms with Crippen molar-refractivity contribution in [2.24, 2.45) is 0 Å². The molecule has 1 aromatic carbocycles. The highest BCUT2D eigenvalue weighted by Crippen LogP contribution is 2.11. The van der Waals surface area contributed by atoms with E-state index in [2.05, 4.69) is 11.8 Å². The molecule has 0 saturated carbocycles. The van der Waals surface area contributed by atoms with E-state index in [1.807, 2.05) is 38.1 Å². The predicted molar refractivity (Wildman–Crippen MR) is 80.7 cm³/mol. The summed E-state index contributed by atoms with van der Waals surface area (Å²) >= 11 is 0. The van der Waals surface area contributed by atoms with Crippen LogP contribution in [0.3, 0.4) is 0 Å². The Morgan fingerprint density at radius 1 is 1.20 bits per heavy atom. The first-order chi connectivity index (χ1) is 9.43. The highest BCUT2D eigenvalue weighted by molar-refractivity contribution is 5.94. The topological polar surface area (TPSA) is 43.8 Å². The number of aliphatic hydroxyl groups is 1. The summed E-state index contributed by atoms with van der Waals surface area (Å²) in [6, 6.07) is 5.53. The van der Waals surface area contributed by atoms with Crippen molar-refractivity contribution in [1.82, 2.24) is 9.80 Å². The maximum atomic E-state index is 12.3. The van der Waals surface area contributed by atoms with Crippen molar-refractivity contribution in [2.45, 2.75) is 6.92 Å². The molecule has 0 radical (unpaired) electrons. The summed E-state index contributed by atoms with van der Waals surface area (Å²) in [6.07, 6.45) is 0. The minimum atomic E-state index is -0.181. The monoisotopic (exact) mass is 274 g/mol. The normalized spacial score (nSPS) is 10.1. The number of nitrogens with zero attached hydrogens (tertiary/aromatic N) is 2. The molecule has 0 unspecified atom stereocenters. The molecule has 0 saturated heterocycles. The maximum absolute atomic E-state index is 12.3. The van der Waals surface area contributed by atoms with Crippen molar-refractivity contribution in [2.75, 3.05) is 40.8 Å². The number of aliphatic hydroxyl groups excluding tert-OH is 1. The molecule has 0 heterocycles. The van der Waals surface area contributed by atoms with Crippen molar-refractivity contribution in [3.63, 3.8) is 0 Å². The molecule has 0 fully saturated rings. The zero-order chi connectivity index (χ0) is 15.1. The molecule has 4 nitrogen and oxygen atoms in total. The highest BCUT2D eigenvalue weighted by Gasteiger charge is 2.12. The number of benzene rings is 1. The van der Waals surface area contributed by atoms with Gasteiger partial charge < -0.3 is 14.9 Å². The Hall–Kier alpha value is -1.83. The van der Waals surface area contributed by atoms with Crippen molar-refractivity contribution in [3.05, 3.63) is 34.9 Å². The molecular weight excluding hydrogens is 252 g/mol. The molecule has 0 spiro atoms. The van der Waals surface area contributed by atoms with E-state index in [9.17, 15) is 4.79 Å². The molecule has 1 amide bonds. The fraction of sp³-hybridized carbons (Fsp3) is 0.438. The smallest absolute Gasteiger partial charge is 0.253 e. The lowest BCUT2D eigenvalue weighted by atomic mass is 10.1. The molecule has 0 atom stereocenters. The quantitative estimate of drug-likeness (QED) is 0.832. The van der Waals surface area contributed by atoms with Crippen LogP contribution in [0.25, 0.3) is 0 Å². The highest BCUT2D eigenvalue weighted by atomic mass is 16.2. The average molecular weight is 274 g/mol. The Morgan fingerprint density at radius 3 is 2.50 bits per heavy atom. The Balaban J connectivity index is 2.89. The van der Waals surface area contributed by atoms with Crippen LogP contribution in [0.4, 0.5) is 0 Å². The van der Waals surface area contributed by atoms with E-state index < -0.39 is 0 Å². The Morgan fingerprint density at radius 2 is 1.90 bits per heavy atom. The summed E-state index contributed by atoms with van der Waals surface area (Å²) in [5.74, 6) is 5.43. The Bertz CT molecular complexity index is 527. The van der Waals surface area contributed by atoms with Crippen molar-refractivity contribution in [1.29, 1.82) is 0 Å². The molecule has 0 aliphatic heterocycles. The van der Waals surface area contributed by atoms with Gasteiger partial charge in [0.2, 0.25) is 0 Å². The zero-order valence-corrected chi connectivity index (χ0v) is 12.6. The van der Waals surface area contributed by atoms with Gasteiger partial charge >= 0.3 is 0 Å². The minimum absolute atomic E-state index is 0.0115. The van der Waals surface area contributed by atoms with Crippen LogP contribution in [-0.2, 0) is 0 Å². The molecule has 108 valence electrons. The number of likely N-dealkylation sites (N-methyl/N-ethyl adjacent to an activating group) is 2. The van der Waals surface area contributed by atoms with Crippen LogP contribution in [0, 0.1) is 18.8 Å². The van der Waals surface area contributed by atoms with Gasteiger partial charge in [0.1, 0.15) is 6.61 Å². The number of carbonyl (C=O) groups is 1. The van der Waals surface area contributed by atoms with E-state index in [-0.39, 0.29) is 12.5 Å². The van der Waals surface area contributed by atoms with Gasteiger partial charge in [0, 0.05) is 31.3 Å². The number of carbonyl (C=O) groups excluding carboxylic acids is 1. The molecule has 0 aliphatic rings. The molecule has 0 aromatic heterocycles. The molecule has 1 rings (SSSR count). The van der Waals surface area contributed by atoms with Gasteiger partial charge in [-0.3, -0.25) is 4.79 Å². The summed E-state index contributed by atoms with van der Waals surface area (Å²) < 4.78 is 0. The fourth-order valence-electron chi connectivity index (χ4n) is 1.79. The van der Waals surface area contributed by atoms with Crippen LogP contribution >= 0.6 is 0 Å². The lowest BCUT2D eigenvalue weighted by Crippen LogP contribution is -2.33. The van der Waals surface area contributed by atoms with Gasteiger partial charge in [-0.05, 0) is 44.8 Å². The summed E-state index contributed by atoms with van der Waals surface area (Å²) in [5.41, 5.74) is 2.37. The molecule has 4 heteroatoms. The van der Waals surface area contributed by atoms with Crippen LogP contribution in [0.15, 0.2) is 18.2 Å². The Kier molecular flexibility index (Phi) is 6.23. The number of amides is 1. The number of hydrogen-bond acceptors (Lipinski definition) is 3. The van der Waals surface area contributed by atoms with E-state index in [1.165, 1.54) is 0 Å². The SMILES string of the molecule is Cc1cc(C#CCO)cc(C(=O)N(C)CCN(C)C)c1. The first-order valence-corrected chi connectivity index (χ1v) is 6.55. The molecule has 1 aromatic rings. The second-order valence-electron chi connectivity index (χ2n) is 5.08. The zero-order valence-electron chi connectivity index (χ0n) is 12.6. The Labute approximate surface area is 121 Å². The lowest BCUT2D eigenvalue weighted by molar-refractivity contribution is 0.0786. The third-order valence-corrected chi connectivity index (χ3v) is 2.87. The van der Waals surface area contributed by atoms with E-state index in [4.69, 9.17) is 5.11 Å². The number of rotatable bonds is 4. The molecule has 0 aliphatic carbocycles. The summed E-state index contributed by atoms with van der Waals surface area (Å²) in [6.45, 7) is 3.25. The van der Waals surface area contributed by atoms with Crippen molar-refractivity contribution in [3.8, 4) is 11.8 Å². The molecule has 0 bridgehead atoms. The first-order valence-electron chi connectivity index (χ1n) is 6.55. The van der Waals surface area contributed by atoms with Gasteiger partial charge in [0.25, 0.3) is 5.91 Å². The third kappa shape index (κ3) is 5.04. The second-order valence-corrected chi connectivity index (χ2v) is 5.08.